The smallest absolute Gasteiger partial charge is 0.294 e. The van der Waals surface area contributed by atoms with E-state index in [1.807, 2.05) is 38.1 Å². The number of aryl methyl sites for hydroxylation is 1. The Morgan fingerprint density at radius 2 is 1.84 bits per heavy atom. The third kappa shape index (κ3) is 4.50. The maximum absolute atomic E-state index is 13.6. The number of rotatable bonds is 4. The number of hydrogen-bond donors (Lipinski definition) is 0. The molecule has 0 unspecified atom stereocenters. The van der Waals surface area contributed by atoms with Crippen molar-refractivity contribution in [1.29, 1.82) is 0 Å². The van der Waals surface area contributed by atoms with Crippen LogP contribution in [0.25, 0.3) is 16.5 Å². The minimum atomic E-state index is -0.677. The molecule has 0 aliphatic carbocycles. The van der Waals surface area contributed by atoms with Crippen LogP contribution < -0.4 is 4.74 Å². The van der Waals surface area contributed by atoms with Gasteiger partial charge in [0.25, 0.3) is 11.8 Å². The number of nitrogens with zero attached hydrogens (tertiary/aromatic N) is 6. The summed E-state index contributed by atoms with van der Waals surface area (Å²) in [6.45, 7) is 6.42. The fourth-order valence-corrected chi connectivity index (χ4v) is 4.68. The van der Waals surface area contributed by atoms with Gasteiger partial charge in [-0.3, -0.25) is 9.59 Å². The predicted molar refractivity (Wildman–Crippen MR) is 135 cm³/mol. The van der Waals surface area contributed by atoms with Gasteiger partial charge in [-0.05, 0) is 62.1 Å². The Bertz CT molecular complexity index is 1520. The van der Waals surface area contributed by atoms with E-state index in [1.165, 1.54) is 24.2 Å². The molecule has 2 aromatic carbocycles. The molecule has 37 heavy (non-hydrogen) atoms. The summed E-state index contributed by atoms with van der Waals surface area (Å²) in [6, 6.07) is 13.9. The summed E-state index contributed by atoms with van der Waals surface area (Å²) >= 11 is 0. The normalized spacial score (nSPS) is 15.2. The molecular formula is C27H27FN6O3. The van der Waals surface area contributed by atoms with Gasteiger partial charge in [-0.1, -0.05) is 18.2 Å². The number of ether oxygens (including phenoxy) is 1. The Morgan fingerprint density at radius 3 is 2.57 bits per heavy atom. The van der Waals surface area contributed by atoms with Crippen LogP contribution in [0.2, 0.25) is 0 Å². The number of benzene rings is 2. The maximum atomic E-state index is 13.6. The van der Waals surface area contributed by atoms with Gasteiger partial charge in [-0.2, -0.15) is 0 Å². The fraction of sp³-hybridized carbons (Fsp3) is 0.296. The molecule has 190 valence electrons. The van der Waals surface area contributed by atoms with Gasteiger partial charge in [0.05, 0.1) is 18.3 Å². The molecule has 9 nitrogen and oxygen atoms in total. The van der Waals surface area contributed by atoms with E-state index < -0.39 is 5.54 Å². The zero-order valence-corrected chi connectivity index (χ0v) is 21.1. The highest BCUT2D eigenvalue weighted by atomic mass is 19.1. The van der Waals surface area contributed by atoms with Crippen LogP contribution in [0.4, 0.5) is 4.39 Å². The molecule has 0 radical (unpaired) electrons. The minimum Gasteiger partial charge on any atom is -0.481 e. The van der Waals surface area contributed by atoms with E-state index >= 15 is 0 Å². The van der Waals surface area contributed by atoms with E-state index in [4.69, 9.17) is 4.74 Å². The summed E-state index contributed by atoms with van der Waals surface area (Å²) in [4.78, 5) is 38.8. The standard InChI is InChI=1S/C27H27FN6O3/c1-17-13-19(9-10-21(17)28)34-16-29-23(31-34)26(36)33-12-11-32(15-27(33,2)3)25(35)22-14-18-7-5-6-8-20(18)24(30-22)37-4/h5-10,13-14,16H,11-12,15H2,1-4H3. The number of carbonyl (C=O) groups is 2. The van der Waals surface area contributed by atoms with Crippen molar-refractivity contribution in [3.8, 4) is 11.6 Å². The topological polar surface area (TPSA) is 93.5 Å². The lowest BCUT2D eigenvalue weighted by Gasteiger charge is -2.46. The number of methoxy groups -OCH3 is 1. The molecule has 1 aliphatic rings. The molecule has 0 bridgehead atoms. The number of hydrogen-bond acceptors (Lipinski definition) is 6. The van der Waals surface area contributed by atoms with Crippen molar-refractivity contribution in [1.82, 2.24) is 29.5 Å². The fourth-order valence-electron chi connectivity index (χ4n) is 4.68. The van der Waals surface area contributed by atoms with Crippen molar-refractivity contribution < 1.29 is 18.7 Å². The van der Waals surface area contributed by atoms with Gasteiger partial charge in [0, 0.05) is 25.0 Å². The molecule has 1 saturated heterocycles. The average Bonchev–Trinajstić information content (AvgIpc) is 3.38. The lowest BCUT2D eigenvalue weighted by molar-refractivity contribution is 0.0158. The quantitative estimate of drug-likeness (QED) is 0.423. The second-order valence-corrected chi connectivity index (χ2v) is 9.68. The first-order valence-electron chi connectivity index (χ1n) is 11.9. The van der Waals surface area contributed by atoms with Crippen molar-refractivity contribution in [3.05, 3.63) is 77.8 Å². The first-order valence-corrected chi connectivity index (χ1v) is 11.9. The first-order chi connectivity index (χ1) is 17.7. The van der Waals surface area contributed by atoms with Crippen LogP contribution in [-0.2, 0) is 0 Å². The molecule has 4 aromatic rings. The van der Waals surface area contributed by atoms with Gasteiger partial charge in [-0.25, -0.2) is 19.0 Å². The third-order valence-electron chi connectivity index (χ3n) is 6.64. The predicted octanol–water partition coefficient (Wildman–Crippen LogP) is 3.65. The molecule has 0 saturated carbocycles. The SMILES string of the molecule is COc1nc(C(=O)N2CCN(C(=O)c3ncn(-c4ccc(F)c(C)c4)n3)C(C)(C)C2)cc2ccccc12. The molecule has 2 amide bonds. The molecule has 10 heteroatoms. The molecule has 5 rings (SSSR count). The maximum Gasteiger partial charge on any atom is 0.294 e. The van der Waals surface area contributed by atoms with Gasteiger partial charge >= 0.3 is 0 Å². The zero-order chi connectivity index (χ0) is 26.3. The van der Waals surface area contributed by atoms with Crippen molar-refractivity contribution >= 4 is 22.6 Å². The Hall–Kier alpha value is -4.34. The number of fused-ring (bicyclic) bond motifs is 1. The van der Waals surface area contributed by atoms with Crippen molar-refractivity contribution in [2.24, 2.45) is 0 Å². The highest BCUT2D eigenvalue weighted by Crippen LogP contribution is 2.27. The van der Waals surface area contributed by atoms with Gasteiger partial charge in [0.2, 0.25) is 11.7 Å². The highest BCUT2D eigenvalue weighted by molar-refractivity contribution is 5.98. The first kappa shape index (κ1) is 24.4. The van der Waals surface area contributed by atoms with Crippen LogP contribution in [-0.4, -0.2) is 73.6 Å². The van der Waals surface area contributed by atoms with E-state index in [-0.39, 0.29) is 23.5 Å². The monoisotopic (exact) mass is 502 g/mol. The largest absolute Gasteiger partial charge is 0.481 e. The second-order valence-electron chi connectivity index (χ2n) is 9.68. The molecular weight excluding hydrogens is 475 g/mol. The van der Waals surface area contributed by atoms with Crippen LogP contribution in [0.3, 0.4) is 0 Å². The van der Waals surface area contributed by atoms with Gasteiger partial charge in [0.1, 0.15) is 17.8 Å². The van der Waals surface area contributed by atoms with Crippen LogP contribution >= 0.6 is 0 Å². The van der Waals surface area contributed by atoms with E-state index in [9.17, 15) is 14.0 Å². The summed E-state index contributed by atoms with van der Waals surface area (Å²) < 4.78 is 20.5. The Morgan fingerprint density at radius 1 is 1.05 bits per heavy atom. The summed E-state index contributed by atoms with van der Waals surface area (Å²) in [5, 5.41) is 6.03. The summed E-state index contributed by atoms with van der Waals surface area (Å²) in [7, 11) is 1.53. The number of pyridine rings is 1. The van der Waals surface area contributed by atoms with E-state index in [0.717, 1.165) is 10.8 Å². The number of carbonyl (C=O) groups excluding carboxylic acids is 2. The molecule has 0 N–H and O–H groups in total. The number of halogens is 1. The summed E-state index contributed by atoms with van der Waals surface area (Å²) in [6.07, 6.45) is 1.44. The van der Waals surface area contributed by atoms with Crippen molar-refractivity contribution in [2.45, 2.75) is 26.3 Å². The number of piperazine rings is 1. The zero-order valence-electron chi connectivity index (χ0n) is 21.1. The molecule has 0 spiro atoms. The molecule has 1 aliphatic heterocycles. The molecule has 2 aromatic heterocycles. The van der Waals surface area contributed by atoms with Crippen LogP contribution in [0.15, 0.2) is 54.9 Å². The van der Waals surface area contributed by atoms with Gasteiger partial charge < -0.3 is 14.5 Å². The number of aromatic nitrogens is 4. The highest BCUT2D eigenvalue weighted by Gasteiger charge is 2.40. The second kappa shape index (κ2) is 9.27. The molecule has 0 atom stereocenters. The minimum absolute atomic E-state index is 0.0377. The van der Waals surface area contributed by atoms with Gasteiger partial charge in [0.15, 0.2) is 0 Å². The lowest BCUT2D eigenvalue weighted by Crippen LogP contribution is -2.62. The van der Waals surface area contributed by atoms with Crippen molar-refractivity contribution in [3.63, 3.8) is 0 Å². The van der Waals surface area contributed by atoms with E-state index in [1.54, 1.807) is 34.9 Å². The lowest BCUT2D eigenvalue weighted by atomic mass is 9.98. The Balaban J connectivity index is 1.34. The van der Waals surface area contributed by atoms with Crippen LogP contribution in [0.1, 0.15) is 40.5 Å². The van der Waals surface area contributed by atoms with E-state index in [0.29, 0.717) is 42.5 Å². The Labute approximate surface area is 213 Å². The third-order valence-corrected chi connectivity index (χ3v) is 6.64. The summed E-state index contributed by atoms with van der Waals surface area (Å²) in [5.74, 6) is -0.437. The average molecular weight is 503 g/mol. The van der Waals surface area contributed by atoms with Crippen molar-refractivity contribution in [2.75, 3.05) is 26.7 Å². The summed E-state index contributed by atoms with van der Waals surface area (Å²) in [5.41, 5.74) is 0.699. The van der Waals surface area contributed by atoms with Gasteiger partial charge in [-0.15, -0.1) is 5.10 Å². The Kier molecular flexibility index (Phi) is 6.10. The van der Waals surface area contributed by atoms with Crippen LogP contribution in [0.5, 0.6) is 5.88 Å². The molecule has 1 fully saturated rings. The van der Waals surface area contributed by atoms with Crippen LogP contribution in [0, 0.1) is 12.7 Å². The molecule has 3 heterocycles. The van der Waals surface area contributed by atoms with E-state index in [2.05, 4.69) is 15.1 Å². The number of amides is 2.